The van der Waals surface area contributed by atoms with Gasteiger partial charge in [-0.05, 0) is 36.8 Å². The van der Waals surface area contributed by atoms with Crippen LogP contribution in [-0.4, -0.2) is 18.2 Å². The fourth-order valence-corrected chi connectivity index (χ4v) is 1.58. The second-order valence-electron chi connectivity index (χ2n) is 4.64. The van der Waals surface area contributed by atoms with Crippen molar-refractivity contribution in [1.82, 2.24) is 4.98 Å². The van der Waals surface area contributed by atoms with E-state index in [2.05, 4.69) is 24.9 Å². The lowest BCUT2D eigenvalue weighted by Crippen LogP contribution is -2.03. The summed E-state index contributed by atoms with van der Waals surface area (Å²) in [5, 5.41) is 0. The van der Waals surface area contributed by atoms with Crippen LogP contribution < -0.4 is 0 Å². The van der Waals surface area contributed by atoms with Crippen LogP contribution in [0.25, 0.3) is 0 Å². The minimum absolute atomic E-state index is 0.649. The Balaban J connectivity index is 1.93. The summed E-state index contributed by atoms with van der Waals surface area (Å²) in [6.45, 7) is 6.17. The van der Waals surface area contributed by atoms with E-state index in [1.165, 1.54) is 24.8 Å². The number of rotatable bonds is 8. The Labute approximate surface area is 99.0 Å². The maximum Gasteiger partial charge on any atom is 0.0488 e. The number of hydrogen-bond donors (Lipinski definition) is 0. The van der Waals surface area contributed by atoms with E-state index in [0.29, 0.717) is 5.92 Å². The van der Waals surface area contributed by atoms with Crippen LogP contribution in [0, 0.1) is 5.92 Å². The lowest BCUT2D eigenvalue weighted by molar-refractivity contribution is 0.106. The molecule has 0 radical (unpaired) electrons. The van der Waals surface area contributed by atoms with Gasteiger partial charge in [-0.15, -0.1) is 0 Å². The molecule has 2 nitrogen and oxygen atoms in total. The van der Waals surface area contributed by atoms with Gasteiger partial charge in [0.1, 0.15) is 0 Å². The van der Waals surface area contributed by atoms with Gasteiger partial charge < -0.3 is 4.74 Å². The average Bonchev–Trinajstić information content (AvgIpc) is 2.29. The molecule has 0 saturated heterocycles. The maximum atomic E-state index is 5.53. The predicted octanol–water partition coefficient (Wildman–Crippen LogP) is 3.47. The third-order valence-corrected chi connectivity index (χ3v) is 2.43. The zero-order valence-electron chi connectivity index (χ0n) is 10.5. The molecule has 0 aromatic carbocycles. The Morgan fingerprint density at radius 3 is 2.81 bits per heavy atom. The van der Waals surface area contributed by atoms with E-state index in [-0.39, 0.29) is 0 Å². The Kier molecular flexibility index (Phi) is 6.82. The van der Waals surface area contributed by atoms with E-state index in [1.807, 2.05) is 18.5 Å². The number of nitrogens with zero attached hydrogens (tertiary/aromatic N) is 1. The summed E-state index contributed by atoms with van der Waals surface area (Å²) in [4.78, 5) is 4.11. The summed E-state index contributed by atoms with van der Waals surface area (Å²) in [6.07, 6.45) is 8.56. The van der Waals surface area contributed by atoms with Gasteiger partial charge in [0.15, 0.2) is 0 Å². The molecule has 0 aliphatic rings. The molecular formula is C14H23NO. The molecule has 0 amide bonds. The van der Waals surface area contributed by atoms with Crippen molar-refractivity contribution in [1.29, 1.82) is 0 Å². The second kappa shape index (κ2) is 8.28. The zero-order valence-corrected chi connectivity index (χ0v) is 10.5. The lowest BCUT2D eigenvalue weighted by Gasteiger charge is -2.06. The molecule has 1 rings (SSSR count). The minimum Gasteiger partial charge on any atom is -0.381 e. The van der Waals surface area contributed by atoms with Gasteiger partial charge in [0.2, 0.25) is 0 Å². The van der Waals surface area contributed by atoms with Crippen LogP contribution in [0.4, 0.5) is 0 Å². The Hall–Kier alpha value is -0.890. The van der Waals surface area contributed by atoms with Gasteiger partial charge in [-0.25, -0.2) is 0 Å². The molecule has 0 bridgehead atoms. The van der Waals surface area contributed by atoms with Gasteiger partial charge in [0.25, 0.3) is 0 Å². The van der Waals surface area contributed by atoms with Crippen molar-refractivity contribution in [3.05, 3.63) is 30.1 Å². The molecule has 1 heterocycles. The molecule has 2 heteroatoms. The quantitative estimate of drug-likeness (QED) is 0.627. The van der Waals surface area contributed by atoms with Gasteiger partial charge in [-0.1, -0.05) is 26.3 Å². The molecule has 90 valence electrons. The molecule has 0 unspecified atom stereocenters. The fourth-order valence-electron chi connectivity index (χ4n) is 1.58. The van der Waals surface area contributed by atoms with E-state index >= 15 is 0 Å². The lowest BCUT2D eigenvalue weighted by atomic mass is 10.1. The molecule has 1 aromatic rings. The summed E-state index contributed by atoms with van der Waals surface area (Å²) in [6, 6.07) is 4.14. The van der Waals surface area contributed by atoms with Crippen LogP contribution in [0.3, 0.4) is 0 Å². The van der Waals surface area contributed by atoms with E-state index < -0.39 is 0 Å². The topological polar surface area (TPSA) is 22.1 Å². The minimum atomic E-state index is 0.649. The van der Waals surface area contributed by atoms with E-state index in [1.54, 1.807) is 0 Å². The highest BCUT2D eigenvalue weighted by molar-refractivity contribution is 5.08. The largest absolute Gasteiger partial charge is 0.381 e. The smallest absolute Gasteiger partial charge is 0.0488 e. The highest BCUT2D eigenvalue weighted by Gasteiger charge is 1.95. The standard InChI is InChI=1S/C14H23NO/c1-13(2)12-16-10-5-3-4-7-14-8-6-9-15-11-14/h6,8-9,11,13H,3-5,7,10,12H2,1-2H3. The Bertz CT molecular complexity index is 259. The fraction of sp³-hybridized carbons (Fsp3) is 0.643. The first kappa shape index (κ1) is 13.2. The van der Waals surface area contributed by atoms with Crippen molar-refractivity contribution in [3.8, 4) is 0 Å². The van der Waals surface area contributed by atoms with Crippen molar-refractivity contribution in [3.63, 3.8) is 0 Å². The van der Waals surface area contributed by atoms with Crippen molar-refractivity contribution < 1.29 is 4.74 Å². The number of pyridine rings is 1. The predicted molar refractivity (Wildman–Crippen MR) is 67.4 cm³/mol. The molecule has 0 aliphatic carbocycles. The zero-order chi connectivity index (χ0) is 11.6. The van der Waals surface area contributed by atoms with Crippen molar-refractivity contribution >= 4 is 0 Å². The second-order valence-corrected chi connectivity index (χ2v) is 4.64. The average molecular weight is 221 g/mol. The van der Waals surface area contributed by atoms with Crippen molar-refractivity contribution in [2.45, 2.75) is 39.5 Å². The monoisotopic (exact) mass is 221 g/mol. The molecule has 16 heavy (non-hydrogen) atoms. The molecule has 0 atom stereocenters. The van der Waals surface area contributed by atoms with Crippen LogP contribution in [0.5, 0.6) is 0 Å². The van der Waals surface area contributed by atoms with Crippen molar-refractivity contribution in [2.24, 2.45) is 5.92 Å². The van der Waals surface area contributed by atoms with Gasteiger partial charge in [0, 0.05) is 25.6 Å². The molecule has 1 aromatic heterocycles. The van der Waals surface area contributed by atoms with Crippen LogP contribution in [0.15, 0.2) is 24.5 Å². The first-order chi connectivity index (χ1) is 7.79. The van der Waals surface area contributed by atoms with E-state index in [4.69, 9.17) is 4.74 Å². The SMILES string of the molecule is CC(C)COCCCCCc1cccnc1. The first-order valence-electron chi connectivity index (χ1n) is 6.25. The molecule has 0 aliphatic heterocycles. The number of aromatic nitrogens is 1. The third-order valence-electron chi connectivity index (χ3n) is 2.43. The van der Waals surface area contributed by atoms with Crippen molar-refractivity contribution in [2.75, 3.05) is 13.2 Å². The third kappa shape index (κ3) is 6.57. The summed E-state index contributed by atoms with van der Waals surface area (Å²) in [5.41, 5.74) is 1.34. The normalized spacial score (nSPS) is 10.9. The number of aryl methyl sites for hydroxylation is 1. The van der Waals surface area contributed by atoms with Crippen LogP contribution in [0.1, 0.15) is 38.7 Å². The molecule has 0 saturated carbocycles. The van der Waals surface area contributed by atoms with Crippen LogP contribution in [-0.2, 0) is 11.2 Å². The summed E-state index contributed by atoms with van der Waals surface area (Å²) in [5.74, 6) is 0.649. The van der Waals surface area contributed by atoms with Gasteiger partial charge in [0.05, 0.1) is 0 Å². The molecule has 0 N–H and O–H groups in total. The number of unbranched alkanes of at least 4 members (excludes halogenated alkanes) is 2. The van der Waals surface area contributed by atoms with E-state index in [9.17, 15) is 0 Å². The Morgan fingerprint density at radius 2 is 2.12 bits per heavy atom. The summed E-state index contributed by atoms with van der Waals surface area (Å²) in [7, 11) is 0. The number of ether oxygens (including phenoxy) is 1. The van der Waals surface area contributed by atoms with Gasteiger partial charge in [-0.3, -0.25) is 4.98 Å². The van der Waals surface area contributed by atoms with Gasteiger partial charge >= 0.3 is 0 Å². The Morgan fingerprint density at radius 1 is 1.25 bits per heavy atom. The molecular weight excluding hydrogens is 198 g/mol. The highest BCUT2D eigenvalue weighted by atomic mass is 16.5. The first-order valence-corrected chi connectivity index (χ1v) is 6.25. The molecule has 0 spiro atoms. The summed E-state index contributed by atoms with van der Waals surface area (Å²) < 4.78 is 5.53. The van der Waals surface area contributed by atoms with E-state index in [0.717, 1.165) is 19.6 Å². The maximum absolute atomic E-state index is 5.53. The number of hydrogen-bond acceptors (Lipinski definition) is 2. The van der Waals surface area contributed by atoms with Crippen LogP contribution in [0.2, 0.25) is 0 Å². The van der Waals surface area contributed by atoms with Gasteiger partial charge in [-0.2, -0.15) is 0 Å². The highest BCUT2D eigenvalue weighted by Crippen LogP contribution is 2.05. The molecule has 0 fully saturated rings. The van der Waals surface area contributed by atoms with Crippen LogP contribution >= 0.6 is 0 Å². The summed E-state index contributed by atoms with van der Waals surface area (Å²) >= 11 is 0.